The van der Waals surface area contributed by atoms with Crippen molar-refractivity contribution in [2.24, 2.45) is 0 Å². The number of benzene rings is 1. The van der Waals surface area contributed by atoms with Gasteiger partial charge in [-0.1, -0.05) is 17.3 Å². The summed E-state index contributed by atoms with van der Waals surface area (Å²) in [5.41, 5.74) is 0.991. The minimum absolute atomic E-state index is 0.113. The summed E-state index contributed by atoms with van der Waals surface area (Å²) < 4.78 is 10.5. The number of aryl methyl sites for hydroxylation is 1. The quantitative estimate of drug-likeness (QED) is 0.932. The topological polar surface area (TPSA) is 80.5 Å². The third-order valence-electron chi connectivity index (χ3n) is 4.17. The van der Waals surface area contributed by atoms with Crippen molar-refractivity contribution in [3.63, 3.8) is 0 Å². The monoisotopic (exact) mass is 330 g/mol. The van der Waals surface area contributed by atoms with Crippen molar-refractivity contribution >= 4 is 6.03 Å². The van der Waals surface area contributed by atoms with E-state index < -0.39 is 0 Å². The zero-order valence-corrected chi connectivity index (χ0v) is 14.0. The first-order valence-corrected chi connectivity index (χ1v) is 8.15. The van der Waals surface area contributed by atoms with Crippen LogP contribution >= 0.6 is 0 Å². The summed E-state index contributed by atoms with van der Waals surface area (Å²) in [7, 11) is 1.63. The van der Waals surface area contributed by atoms with E-state index in [-0.39, 0.29) is 12.1 Å². The molecular weight excluding hydrogens is 308 g/mol. The number of urea groups is 1. The highest BCUT2D eigenvalue weighted by atomic mass is 16.5. The summed E-state index contributed by atoms with van der Waals surface area (Å²) in [4.78, 5) is 18.7. The van der Waals surface area contributed by atoms with Gasteiger partial charge in [0.2, 0.25) is 5.89 Å². The van der Waals surface area contributed by atoms with Gasteiger partial charge in [-0.15, -0.1) is 0 Å². The molecule has 0 spiro atoms. The Balaban J connectivity index is 1.65. The first-order valence-electron chi connectivity index (χ1n) is 8.15. The van der Waals surface area contributed by atoms with Crippen LogP contribution in [-0.4, -0.2) is 34.7 Å². The number of hydrogen-bond donors (Lipinski definition) is 1. The first-order chi connectivity index (χ1) is 11.7. The van der Waals surface area contributed by atoms with Crippen LogP contribution < -0.4 is 10.1 Å². The molecule has 1 aliphatic rings. The molecule has 0 radical (unpaired) electrons. The number of carbonyl (C=O) groups excluding carboxylic acids is 1. The van der Waals surface area contributed by atoms with E-state index in [0.29, 0.717) is 24.8 Å². The van der Waals surface area contributed by atoms with E-state index in [1.807, 2.05) is 24.3 Å². The molecular formula is C17H22N4O3. The summed E-state index contributed by atoms with van der Waals surface area (Å²) in [6.45, 7) is 2.92. The fourth-order valence-electron chi connectivity index (χ4n) is 2.94. The lowest BCUT2D eigenvalue weighted by Crippen LogP contribution is -2.44. The minimum Gasteiger partial charge on any atom is -0.497 e. The van der Waals surface area contributed by atoms with Crippen molar-refractivity contribution < 1.29 is 14.1 Å². The van der Waals surface area contributed by atoms with Gasteiger partial charge in [0.25, 0.3) is 0 Å². The molecule has 128 valence electrons. The van der Waals surface area contributed by atoms with Crippen molar-refractivity contribution in [2.75, 3.05) is 13.7 Å². The number of ether oxygens (including phenoxy) is 1. The van der Waals surface area contributed by atoms with Crippen LogP contribution in [-0.2, 0) is 6.54 Å². The van der Waals surface area contributed by atoms with Crippen LogP contribution in [0.1, 0.15) is 42.6 Å². The Hall–Kier alpha value is -2.57. The van der Waals surface area contributed by atoms with Gasteiger partial charge in [0.15, 0.2) is 5.82 Å². The number of likely N-dealkylation sites (tertiary alicyclic amines) is 1. The molecule has 0 aliphatic carbocycles. The Labute approximate surface area is 141 Å². The maximum atomic E-state index is 12.6. The van der Waals surface area contributed by atoms with Crippen LogP contribution in [0.3, 0.4) is 0 Å². The standard InChI is InChI=1S/C17H22N4O3/c1-12-19-16(24-20-12)15-8-3-4-9-21(15)17(22)18-11-13-6-5-7-14(10-13)23-2/h5-7,10,15H,3-4,8-9,11H2,1-2H3,(H,18,22)/t15-/m0/s1. The van der Waals surface area contributed by atoms with Gasteiger partial charge in [-0.2, -0.15) is 4.98 Å². The van der Waals surface area contributed by atoms with Gasteiger partial charge in [0, 0.05) is 13.1 Å². The van der Waals surface area contributed by atoms with Crippen LogP contribution in [0, 0.1) is 6.92 Å². The van der Waals surface area contributed by atoms with Gasteiger partial charge in [0.05, 0.1) is 7.11 Å². The molecule has 2 aromatic rings. The van der Waals surface area contributed by atoms with Crippen molar-refractivity contribution in [1.82, 2.24) is 20.4 Å². The van der Waals surface area contributed by atoms with Crippen molar-refractivity contribution in [3.05, 3.63) is 41.5 Å². The van der Waals surface area contributed by atoms with Crippen LogP contribution in [0.4, 0.5) is 4.79 Å². The van der Waals surface area contributed by atoms with Crippen molar-refractivity contribution in [1.29, 1.82) is 0 Å². The fraction of sp³-hybridized carbons (Fsp3) is 0.471. The predicted molar refractivity (Wildman–Crippen MR) is 87.6 cm³/mol. The smallest absolute Gasteiger partial charge is 0.318 e. The second-order valence-corrected chi connectivity index (χ2v) is 5.90. The van der Waals surface area contributed by atoms with Crippen LogP contribution in [0.2, 0.25) is 0 Å². The number of nitrogens with one attached hydrogen (secondary N) is 1. The van der Waals surface area contributed by atoms with E-state index in [2.05, 4.69) is 15.5 Å². The van der Waals surface area contributed by atoms with E-state index in [9.17, 15) is 4.79 Å². The van der Waals surface area contributed by atoms with Gasteiger partial charge < -0.3 is 19.5 Å². The molecule has 0 unspecified atom stereocenters. The number of piperidine rings is 1. The highest BCUT2D eigenvalue weighted by molar-refractivity contribution is 5.74. The average molecular weight is 330 g/mol. The second kappa shape index (κ2) is 7.33. The van der Waals surface area contributed by atoms with E-state index in [1.54, 1.807) is 18.9 Å². The second-order valence-electron chi connectivity index (χ2n) is 5.90. The van der Waals surface area contributed by atoms with Gasteiger partial charge in [0.1, 0.15) is 11.8 Å². The Bertz CT molecular complexity index is 701. The molecule has 2 heterocycles. The van der Waals surface area contributed by atoms with E-state index >= 15 is 0 Å². The van der Waals surface area contributed by atoms with Crippen molar-refractivity contribution in [2.45, 2.75) is 38.8 Å². The van der Waals surface area contributed by atoms with Gasteiger partial charge in [-0.3, -0.25) is 0 Å². The molecule has 0 bridgehead atoms. The maximum absolute atomic E-state index is 12.6. The molecule has 7 heteroatoms. The summed E-state index contributed by atoms with van der Waals surface area (Å²) in [5, 5.41) is 6.81. The third kappa shape index (κ3) is 3.67. The largest absolute Gasteiger partial charge is 0.497 e. The molecule has 24 heavy (non-hydrogen) atoms. The molecule has 1 saturated heterocycles. The zero-order valence-electron chi connectivity index (χ0n) is 14.0. The van der Waals surface area contributed by atoms with Crippen LogP contribution in [0.5, 0.6) is 5.75 Å². The lowest BCUT2D eigenvalue weighted by Gasteiger charge is -2.33. The summed E-state index contributed by atoms with van der Waals surface area (Å²) >= 11 is 0. The number of nitrogens with zero attached hydrogens (tertiary/aromatic N) is 3. The zero-order chi connectivity index (χ0) is 16.9. The first kappa shape index (κ1) is 16.3. The highest BCUT2D eigenvalue weighted by Gasteiger charge is 2.31. The summed E-state index contributed by atoms with van der Waals surface area (Å²) in [5.74, 6) is 1.88. The summed E-state index contributed by atoms with van der Waals surface area (Å²) in [6, 6.07) is 7.39. The van der Waals surface area contributed by atoms with Crippen LogP contribution in [0.25, 0.3) is 0 Å². The molecule has 3 rings (SSSR count). The summed E-state index contributed by atoms with van der Waals surface area (Å²) in [6.07, 6.45) is 2.87. The maximum Gasteiger partial charge on any atom is 0.318 e. The average Bonchev–Trinajstić information content (AvgIpc) is 3.06. The molecule has 1 atom stereocenters. The fourth-order valence-corrected chi connectivity index (χ4v) is 2.94. The Morgan fingerprint density at radius 1 is 1.46 bits per heavy atom. The number of rotatable bonds is 4. The molecule has 0 saturated carbocycles. The molecule has 1 N–H and O–H groups in total. The number of amides is 2. The van der Waals surface area contributed by atoms with E-state index in [1.165, 1.54) is 0 Å². The van der Waals surface area contributed by atoms with Gasteiger partial charge in [-0.05, 0) is 43.9 Å². The van der Waals surface area contributed by atoms with Gasteiger partial charge >= 0.3 is 6.03 Å². The Morgan fingerprint density at radius 3 is 3.08 bits per heavy atom. The Morgan fingerprint density at radius 2 is 2.33 bits per heavy atom. The minimum atomic E-state index is -0.148. The molecule has 1 aromatic heterocycles. The molecule has 7 nitrogen and oxygen atoms in total. The third-order valence-corrected chi connectivity index (χ3v) is 4.17. The molecule has 1 aliphatic heterocycles. The number of carbonyl (C=O) groups is 1. The molecule has 1 fully saturated rings. The van der Waals surface area contributed by atoms with E-state index in [0.717, 1.165) is 30.6 Å². The number of methoxy groups -OCH3 is 1. The predicted octanol–water partition coefficient (Wildman–Crippen LogP) is 2.82. The SMILES string of the molecule is COc1cccc(CNC(=O)N2CCCC[C@H]2c2nc(C)no2)c1. The molecule has 2 amide bonds. The number of aromatic nitrogens is 2. The lowest BCUT2D eigenvalue weighted by atomic mass is 10.0. The van der Waals surface area contributed by atoms with E-state index in [4.69, 9.17) is 9.26 Å². The van der Waals surface area contributed by atoms with Crippen molar-refractivity contribution in [3.8, 4) is 5.75 Å². The molecule has 1 aromatic carbocycles. The Kier molecular flexibility index (Phi) is 4.98. The van der Waals surface area contributed by atoms with Gasteiger partial charge in [-0.25, -0.2) is 4.79 Å². The number of hydrogen-bond acceptors (Lipinski definition) is 5. The van der Waals surface area contributed by atoms with Crippen LogP contribution in [0.15, 0.2) is 28.8 Å². The lowest BCUT2D eigenvalue weighted by molar-refractivity contribution is 0.131. The normalized spacial score (nSPS) is 17.6. The highest BCUT2D eigenvalue weighted by Crippen LogP contribution is 2.29.